The van der Waals surface area contributed by atoms with Gasteiger partial charge in [0.25, 0.3) is 0 Å². The van der Waals surface area contributed by atoms with Gasteiger partial charge in [-0.25, -0.2) is 0 Å². The summed E-state index contributed by atoms with van der Waals surface area (Å²) >= 11 is 0. The summed E-state index contributed by atoms with van der Waals surface area (Å²) < 4.78 is 0. The highest BCUT2D eigenvalue weighted by Crippen LogP contribution is 2.41. The first-order valence-electron chi connectivity index (χ1n) is 5.94. The van der Waals surface area contributed by atoms with Crippen molar-refractivity contribution in [3.8, 4) is 0 Å². The van der Waals surface area contributed by atoms with Crippen LogP contribution in [0.15, 0.2) is 0 Å². The molecule has 1 saturated heterocycles. The fourth-order valence-corrected chi connectivity index (χ4v) is 3.22. The van der Waals surface area contributed by atoms with Gasteiger partial charge in [0.1, 0.15) is 0 Å². The van der Waals surface area contributed by atoms with Crippen LogP contribution in [0, 0.1) is 5.41 Å². The van der Waals surface area contributed by atoms with Crippen LogP contribution < -0.4 is 0 Å². The van der Waals surface area contributed by atoms with E-state index in [1.165, 1.54) is 51.6 Å². The van der Waals surface area contributed by atoms with Crippen LogP contribution in [0.25, 0.3) is 0 Å². The second-order valence-electron chi connectivity index (χ2n) is 5.49. The van der Waals surface area contributed by atoms with Crippen molar-refractivity contribution in [1.29, 1.82) is 0 Å². The predicted octanol–water partition coefficient (Wildman–Crippen LogP) is 3.05. The van der Waals surface area contributed by atoms with Crippen LogP contribution in [0.1, 0.15) is 52.4 Å². The van der Waals surface area contributed by atoms with E-state index < -0.39 is 0 Å². The largest absolute Gasteiger partial charge is 0.300 e. The topological polar surface area (TPSA) is 3.24 Å². The Morgan fingerprint density at radius 3 is 2.23 bits per heavy atom. The van der Waals surface area contributed by atoms with E-state index >= 15 is 0 Å². The van der Waals surface area contributed by atoms with Crippen molar-refractivity contribution < 1.29 is 0 Å². The third-order valence-electron chi connectivity index (χ3n) is 4.03. The lowest BCUT2D eigenvalue weighted by atomic mass is 9.85. The second-order valence-corrected chi connectivity index (χ2v) is 5.49. The van der Waals surface area contributed by atoms with Crippen LogP contribution in [-0.4, -0.2) is 24.0 Å². The molecule has 13 heavy (non-hydrogen) atoms. The zero-order valence-electron chi connectivity index (χ0n) is 9.18. The summed E-state index contributed by atoms with van der Waals surface area (Å²) in [5.74, 6) is 0. The predicted molar refractivity (Wildman–Crippen MR) is 56.8 cm³/mol. The molecule has 0 bridgehead atoms. The Morgan fingerprint density at radius 2 is 1.69 bits per heavy atom. The van der Waals surface area contributed by atoms with Crippen LogP contribution in [0.2, 0.25) is 0 Å². The SMILES string of the molecule is CC1(C)CCCC1N1CCCCC1. The molecule has 0 aromatic carbocycles. The highest BCUT2D eigenvalue weighted by atomic mass is 15.2. The van der Waals surface area contributed by atoms with Gasteiger partial charge in [0.05, 0.1) is 0 Å². The summed E-state index contributed by atoms with van der Waals surface area (Å²) in [6.07, 6.45) is 8.68. The first-order chi connectivity index (χ1) is 6.20. The molecule has 1 saturated carbocycles. The zero-order chi connectivity index (χ0) is 9.31. The number of likely N-dealkylation sites (tertiary alicyclic amines) is 1. The average molecular weight is 181 g/mol. The first-order valence-corrected chi connectivity index (χ1v) is 5.94. The summed E-state index contributed by atoms with van der Waals surface area (Å²) in [5.41, 5.74) is 0.595. The van der Waals surface area contributed by atoms with Gasteiger partial charge < -0.3 is 0 Å². The van der Waals surface area contributed by atoms with E-state index in [0.29, 0.717) is 5.41 Å². The Hall–Kier alpha value is -0.0400. The minimum atomic E-state index is 0.595. The number of hydrogen-bond acceptors (Lipinski definition) is 1. The monoisotopic (exact) mass is 181 g/mol. The van der Waals surface area contributed by atoms with Gasteiger partial charge in [0.2, 0.25) is 0 Å². The third kappa shape index (κ3) is 1.90. The van der Waals surface area contributed by atoms with E-state index in [2.05, 4.69) is 18.7 Å². The lowest BCUT2D eigenvalue weighted by Gasteiger charge is -2.39. The molecule has 0 aromatic rings. The molecule has 76 valence electrons. The zero-order valence-corrected chi connectivity index (χ0v) is 9.18. The van der Waals surface area contributed by atoms with Gasteiger partial charge in [0.15, 0.2) is 0 Å². The van der Waals surface area contributed by atoms with Crippen LogP contribution in [0.5, 0.6) is 0 Å². The van der Waals surface area contributed by atoms with Crippen LogP contribution in [0.3, 0.4) is 0 Å². The maximum Gasteiger partial charge on any atom is 0.0146 e. The Morgan fingerprint density at radius 1 is 1.00 bits per heavy atom. The minimum Gasteiger partial charge on any atom is -0.300 e. The highest BCUT2D eigenvalue weighted by molar-refractivity contribution is 4.92. The second kappa shape index (κ2) is 3.61. The number of piperidine rings is 1. The summed E-state index contributed by atoms with van der Waals surface area (Å²) in [7, 11) is 0. The molecular weight excluding hydrogens is 158 g/mol. The van der Waals surface area contributed by atoms with Crippen molar-refractivity contribution in [2.75, 3.05) is 13.1 Å². The molecule has 0 spiro atoms. The summed E-state index contributed by atoms with van der Waals surface area (Å²) in [5, 5.41) is 0. The quantitative estimate of drug-likeness (QED) is 0.601. The van der Waals surface area contributed by atoms with Gasteiger partial charge in [-0.05, 0) is 44.2 Å². The van der Waals surface area contributed by atoms with Crippen molar-refractivity contribution in [2.24, 2.45) is 5.41 Å². The lowest BCUT2D eigenvalue weighted by Crippen LogP contribution is -2.44. The maximum absolute atomic E-state index is 2.76. The molecule has 0 amide bonds. The minimum absolute atomic E-state index is 0.595. The van der Waals surface area contributed by atoms with Crippen molar-refractivity contribution in [3.63, 3.8) is 0 Å². The van der Waals surface area contributed by atoms with E-state index in [-0.39, 0.29) is 0 Å². The van der Waals surface area contributed by atoms with Crippen molar-refractivity contribution >= 4 is 0 Å². The van der Waals surface area contributed by atoms with E-state index in [1.54, 1.807) is 0 Å². The Bertz CT molecular complexity index is 168. The van der Waals surface area contributed by atoms with Gasteiger partial charge in [-0.1, -0.05) is 26.7 Å². The molecule has 2 aliphatic rings. The molecule has 2 rings (SSSR count). The fourth-order valence-electron chi connectivity index (χ4n) is 3.22. The average Bonchev–Trinajstić information content (AvgIpc) is 2.47. The normalized spacial score (nSPS) is 35.1. The Labute approximate surface area is 82.5 Å². The molecule has 1 aliphatic carbocycles. The highest BCUT2D eigenvalue weighted by Gasteiger charge is 2.38. The molecule has 1 unspecified atom stereocenters. The van der Waals surface area contributed by atoms with Crippen LogP contribution in [0.4, 0.5) is 0 Å². The molecule has 0 radical (unpaired) electrons. The third-order valence-corrected chi connectivity index (χ3v) is 4.03. The van der Waals surface area contributed by atoms with Crippen LogP contribution in [-0.2, 0) is 0 Å². The van der Waals surface area contributed by atoms with Crippen molar-refractivity contribution in [2.45, 2.75) is 58.4 Å². The smallest absolute Gasteiger partial charge is 0.0146 e. The molecule has 1 atom stereocenters. The molecular formula is C12H23N. The standard InChI is InChI=1S/C12H23N/c1-12(2)8-6-7-11(12)13-9-4-3-5-10-13/h11H,3-10H2,1-2H3. The van der Waals surface area contributed by atoms with E-state index in [0.717, 1.165) is 6.04 Å². The number of hydrogen-bond donors (Lipinski definition) is 0. The van der Waals surface area contributed by atoms with E-state index in [1.807, 2.05) is 0 Å². The Kier molecular flexibility index (Phi) is 2.64. The lowest BCUT2D eigenvalue weighted by molar-refractivity contribution is 0.0929. The molecule has 1 heterocycles. The van der Waals surface area contributed by atoms with Gasteiger partial charge in [-0.3, -0.25) is 4.90 Å². The summed E-state index contributed by atoms with van der Waals surface area (Å²) in [4.78, 5) is 2.76. The van der Waals surface area contributed by atoms with Crippen molar-refractivity contribution in [1.82, 2.24) is 4.90 Å². The number of rotatable bonds is 1. The van der Waals surface area contributed by atoms with Crippen molar-refractivity contribution in [3.05, 3.63) is 0 Å². The van der Waals surface area contributed by atoms with Gasteiger partial charge in [0, 0.05) is 6.04 Å². The molecule has 1 nitrogen and oxygen atoms in total. The molecule has 2 fully saturated rings. The van der Waals surface area contributed by atoms with Gasteiger partial charge >= 0.3 is 0 Å². The molecule has 0 N–H and O–H groups in total. The van der Waals surface area contributed by atoms with Crippen LogP contribution >= 0.6 is 0 Å². The molecule has 0 aromatic heterocycles. The maximum atomic E-state index is 2.76. The fraction of sp³-hybridized carbons (Fsp3) is 1.00. The summed E-state index contributed by atoms with van der Waals surface area (Å²) in [6, 6.07) is 0.896. The first kappa shape index (κ1) is 9.51. The Balaban J connectivity index is 1.98. The number of nitrogens with zero attached hydrogens (tertiary/aromatic N) is 1. The molecule has 1 heteroatoms. The van der Waals surface area contributed by atoms with Gasteiger partial charge in [-0.2, -0.15) is 0 Å². The van der Waals surface area contributed by atoms with E-state index in [9.17, 15) is 0 Å². The van der Waals surface area contributed by atoms with E-state index in [4.69, 9.17) is 0 Å². The molecule has 1 aliphatic heterocycles. The van der Waals surface area contributed by atoms with Gasteiger partial charge in [-0.15, -0.1) is 0 Å². The summed E-state index contributed by atoms with van der Waals surface area (Å²) in [6.45, 7) is 7.65.